The predicted octanol–water partition coefficient (Wildman–Crippen LogP) is 6.20. The van der Waals surface area contributed by atoms with Gasteiger partial charge in [0.2, 0.25) is 0 Å². The summed E-state index contributed by atoms with van der Waals surface area (Å²) in [4.78, 5) is 17.3. The molecular weight excluding hydrogens is 398 g/mol. The standard InChI is InChI=1S/C24H20ClN3O2/c1-15-11-23(26-18-7-4-6-17(25)13-18)28-22-10-9-19(14-21(15)22)27-24(29)16-5-3-8-20(12-16)30-2/h3-14H,1-2H3,(H,26,28)(H,27,29). The van der Waals surface area contributed by atoms with E-state index in [0.717, 1.165) is 28.0 Å². The van der Waals surface area contributed by atoms with Gasteiger partial charge < -0.3 is 15.4 Å². The Morgan fingerprint density at radius 1 is 0.967 bits per heavy atom. The number of ether oxygens (including phenoxy) is 1. The van der Waals surface area contributed by atoms with E-state index in [1.165, 1.54) is 0 Å². The van der Waals surface area contributed by atoms with Crippen molar-refractivity contribution in [2.24, 2.45) is 0 Å². The van der Waals surface area contributed by atoms with Gasteiger partial charge in [-0.3, -0.25) is 4.79 Å². The number of hydrogen-bond donors (Lipinski definition) is 2. The van der Waals surface area contributed by atoms with Crippen LogP contribution in [0.15, 0.2) is 72.8 Å². The zero-order valence-electron chi connectivity index (χ0n) is 16.6. The van der Waals surface area contributed by atoms with E-state index >= 15 is 0 Å². The van der Waals surface area contributed by atoms with Gasteiger partial charge in [-0.25, -0.2) is 4.98 Å². The van der Waals surface area contributed by atoms with E-state index in [-0.39, 0.29) is 5.91 Å². The topological polar surface area (TPSA) is 63.2 Å². The highest BCUT2D eigenvalue weighted by molar-refractivity contribution is 6.30. The molecule has 0 aliphatic heterocycles. The molecule has 0 saturated carbocycles. The van der Waals surface area contributed by atoms with E-state index in [1.807, 2.05) is 55.5 Å². The van der Waals surface area contributed by atoms with Crippen LogP contribution in [0.2, 0.25) is 5.02 Å². The van der Waals surface area contributed by atoms with Crippen molar-refractivity contribution in [2.75, 3.05) is 17.7 Å². The highest BCUT2D eigenvalue weighted by atomic mass is 35.5. The number of anilines is 3. The monoisotopic (exact) mass is 417 g/mol. The molecule has 0 fully saturated rings. The number of halogens is 1. The Kier molecular flexibility index (Phi) is 5.55. The molecule has 1 aromatic heterocycles. The van der Waals surface area contributed by atoms with Gasteiger partial charge in [0.15, 0.2) is 0 Å². The van der Waals surface area contributed by atoms with Gasteiger partial charge in [0.25, 0.3) is 5.91 Å². The highest BCUT2D eigenvalue weighted by Crippen LogP contribution is 2.26. The molecule has 0 aliphatic rings. The third kappa shape index (κ3) is 4.36. The Labute approximate surface area is 179 Å². The minimum atomic E-state index is -0.196. The number of hydrogen-bond acceptors (Lipinski definition) is 4. The van der Waals surface area contributed by atoms with Crippen LogP contribution < -0.4 is 15.4 Å². The van der Waals surface area contributed by atoms with E-state index < -0.39 is 0 Å². The third-order valence-corrected chi connectivity index (χ3v) is 4.94. The first-order valence-corrected chi connectivity index (χ1v) is 9.79. The minimum Gasteiger partial charge on any atom is -0.497 e. The summed E-state index contributed by atoms with van der Waals surface area (Å²) < 4.78 is 5.19. The maximum atomic E-state index is 12.6. The number of nitrogens with one attached hydrogen (secondary N) is 2. The molecule has 30 heavy (non-hydrogen) atoms. The lowest BCUT2D eigenvalue weighted by atomic mass is 10.1. The largest absolute Gasteiger partial charge is 0.497 e. The minimum absolute atomic E-state index is 0.196. The first kappa shape index (κ1) is 19.7. The normalized spacial score (nSPS) is 10.6. The Morgan fingerprint density at radius 3 is 2.60 bits per heavy atom. The summed E-state index contributed by atoms with van der Waals surface area (Å²) in [5, 5.41) is 7.85. The number of aromatic nitrogens is 1. The third-order valence-electron chi connectivity index (χ3n) is 4.70. The number of carbonyl (C=O) groups is 1. The van der Waals surface area contributed by atoms with E-state index in [2.05, 4.69) is 15.6 Å². The van der Waals surface area contributed by atoms with Crippen molar-refractivity contribution >= 4 is 45.6 Å². The second-order valence-corrected chi connectivity index (χ2v) is 7.31. The van der Waals surface area contributed by atoms with Gasteiger partial charge in [-0.1, -0.05) is 23.7 Å². The molecule has 5 nitrogen and oxygen atoms in total. The van der Waals surface area contributed by atoms with Crippen LogP contribution in [-0.4, -0.2) is 18.0 Å². The van der Waals surface area contributed by atoms with Crippen LogP contribution in [-0.2, 0) is 0 Å². The first-order valence-electron chi connectivity index (χ1n) is 9.41. The number of methoxy groups -OCH3 is 1. The zero-order chi connectivity index (χ0) is 21.1. The first-order chi connectivity index (χ1) is 14.5. The number of nitrogens with zero attached hydrogens (tertiary/aromatic N) is 1. The molecule has 1 amide bonds. The summed E-state index contributed by atoms with van der Waals surface area (Å²) in [6, 6.07) is 22.2. The zero-order valence-corrected chi connectivity index (χ0v) is 17.3. The number of pyridine rings is 1. The molecule has 4 aromatic rings. The van der Waals surface area contributed by atoms with Crippen molar-refractivity contribution in [2.45, 2.75) is 6.92 Å². The van der Waals surface area contributed by atoms with Crippen molar-refractivity contribution in [1.29, 1.82) is 0 Å². The molecule has 0 aliphatic carbocycles. The SMILES string of the molecule is COc1cccc(C(=O)Nc2ccc3nc(Nc4cccc(Cl)c4)cc(C)c3c2)c1. The van der Waals surface area contributed by atoms with E-state index in [1.54, 1.807) is 31.4 Å². The Hall–Kier alpha value is -3.57. The van der Waals surface area contributed by atoms with Crippen molar-refractivity contribution in [1.82, 2.24) is 4.98 Å². The van der Waals surface area contributed by atoms with Crippen LogP contribution in [0.1, 0.15) is 15.9 Å². The van der Waals surface area contributed by atoms with Crippen LogP contribution in [0.25, 0.3) is 10.9 Å². The Balaban J connectivity index is 1.58. The highest BCUT2D eigenvalue weighted by Gasteiger charge is 2.10. The summed E-state index contributed by atoms with van der Waals surface area (Å²) in [5.41, 5.74) is 3.98. The molecule has 1 heterocycles. The second kappa shape index (κ2) is 8.43. The van der Waals surface area contributed by atoms with Gasteiger partial charge in [-0.05, 0) is 73.2 Å². The average molecular weight is 418 g/mol. The lowest BCUT2D eigenvalue weighted by molar-refractivity contribution is 0.102. The Morgan fingerprint density at radius 2 is 1.80 bits per heavy atom. The molecule has 3 aromatic carbocycles. The number of carbonyl (C=O) groups excluding carboxylic acids is 1. The summed E-state index contributed by atoms with van der Waals surface area (Å²) in [5.74, 6) is 1.18. The quantitative estimate of drug-likeness (QED) is 0.405. The molecule has 0 atom stereocenters. The van der Waals surface area contributed by atoms with Crippen LogP contribution in [0, 0.1) is 6.92 Å². The average Bonchev–Trinajstić information content (AvgIpc) is 2.74. The maximum absolute atomic E-state index is 12.6. The van der Waals surface area contributed by atoms with Crippen molar-refractivity contribution in [3.05, 3.63) is 88.9 Å². The van der Waals surface area contributed by atoms with Crippen LogP contribution in [0.3, 0.4) is 0 Å². The molecule has 0 radical (unpaired) electrons. The number of aryl methyl sites for hydroxylation is 1. The van der Waals surface area contributed by atoms with Crippen molar-refractivity contribution < 1.29 is 9.53 Å². The van der Waals surface area contributed by atoms with Crippen LogP contribution >= 0.6 is 11.6 Å². The van der Waals surface area contributed by atoms with Gasteiger partial charge >= 0.3 is 0 Å². The summed E-state index contributed by atoms with van der Waals surface area (Å²) >= 11 is 6.06. The van der Waals surface area contributed by atoms with E-state index in [9.17, 15) is 4.79 Å². The fourth-order valence-electron chi connectivity index (χ4n) is 3.22. The molecular formula is C24H20ClN3O2. The molecule has 6 heteroatoms. The Bertz CT molecular complexity index is 1240. The molecule has 4 rings (SSSR count). The molecule has 150 valence electrons. The fraction of sp³-hybridized carbons (Fsp3) is 0.0833. The molecule has 0 saturated heterocycles. The number of amides is 1. The van der Waals surface area contributed by atoms with Crippen molar-refractivity contribution in [3.8, 4) is 5.75 Å². The van der Waals surface area contributed by atoms with Crippen LogP contribution in [0.4, 0.5) is 17.2 Å². The number of fused-ring (bicyclic) bond motifs is 1. The summed E-state index contributed by atoms with van der Waals surface area (Å²) in [6.07, 6.45) is 0. The molecule has 0 unspecified atom stereocenters. The van der Waals surface area contributed by atoms with Gasteiger partial charge in [-0.2, -0.15) is 0 Å². The van der Waals surface area contributed by atoms with Gasteiger partial charge in [0.1, 0.15) is 11.6 Å². The van der Waals surface area contributed by atoms with Crippen LogP contribution in [0.5, 0.6) is 5.75 Å². The smallest absolute Gasteiger partial charge is 0.255 e. The lowest BCUT2D eigenvalue weighted by Crippen LogP contribution is -2.11. The summed E-state index contributed by atoms with van der Waals surface area (Å²) in [7, 11) is 1.58. The van der Waals surface area contributed by atoms with E-state index in [0.29, 0.717) is 22.0 Å². The van der Waals surface area contributed by atoms with Gasteiger partial charge in [-0.15, -0.1) is 0 Å². The lowest BCUT2D eigenvalue weighted by Gasteiger charge is -2.11. The van der Waals surface area contributed by atoms with Gasteiger partial charge in [0.05, 0.1) is 12.6 Å². The van der Waals surface area contributed by atoms with Gasteiger partial charge in [0, 0.05) is 27.3 Å². The molecule has 0 bridgehead atoms. The maximum Gasteiger partial charge on any atom is 0.255 e. The second-order valence-electron chi connectivity index (χ2n) is 6.88. The van der Waals surface area contributed by atoms with Crippen molar-refractivity contribution in [3.63, 3.8) is 0 Å². The molecule has 0 spiro atoms. The summed E-state index contributed by atoms with van der Waals surface area (Å²) in [6.45, 7) is 2.01. The fourth-order valence-corrected chi connectivity index (χ4v) is 3.41. The number of benzene rings is 3. The number of rotatable bonds is 5. The van der Waals surface area contributed by atoms with E-state index in [4.69, 9.17) is 16.3 Å². The predicted molar refractivity (Wildman–Crippen MR) is 122 cm³/mol. The molecule has 2 N–H and O–H groups in total.